The predicted octanol–water partition coefficient (Wildman–Crippen LogP) is 1.06. The third kappa shape index (κ3) is 3.97. The first kappa shape index (κ1) is 23.3. The fourth-order valence-electron chi connectivity index (χ4n) is 5.63. The van der Waals surface area contributed by atoms with E-state index in [0.29, 0.717) is 19.0 Å². The molecule has 0 bridgehead atoms. The van der Waals surface area contributed by atoms with Crippen LogP contribution in [0.5, 0.6) is 0 Å². The Morgan fingerprint density at radius 2 is 1.95 bits per heavy atom. The van der Waals surface area contributed by atoms with Gasteiger partial charge in [0.05, 0.1) is 16.8 Å². The van der Waals surface area contributed by atoms with Gasteiger partial charge in [-0.05, 0) is 47.4 Å². The van der Waals surface area contributed by atoms with Crippen LogP contribution in [0.15, 0.2) is 36.5 Å². The van der Waals surface area contributed by atoms with Gasteiger partial charge in [-0.3, -0.25) is 24.6 Å². The van der Waals surface area contributed by atoms with Gasteiger partial charge in [0.1, 0.15) is 6.04 Å². The third-order valence-electron chi connectivity index (χ3n) is 7.72. The molecule has 1 saturated carbocycles. The van der Waals surface area contributed by atoms with Crippen molar-refractivity contribution in [2.75, 3.05) is 41.3 Å². The number of nitro groups is 1. The lowest BCUT2D eigenvalue weighted by atomic mass is 9.96. The van der Waals surface area contributed by atoms with Gasteiger partial charge in [-0.25, -0.2) is 0 Å². The Bertz CT molecular complexity index is 1290. The monoisotopic (exact) mass is 505 g/mol. The Morgan fingerprint density at radius 3 is 2.62 bits per heavy atom. The van der Waals surface area contributed by atoms with E-state index >= 15 is 0 Å². The summed E-state index contributed by atoms with van der Waals surface area (Å²) < 4.78 is 0. The minimum Gasteiger partial charge on any atom is -0.383 e. The molecule has 3 amide bonds. The van der Waals surface area contributed by atoms with Crippen LogP contribution < -0.4 is 25.8 Å². The zero-order valence-corrected chi connectivity index (χ0v) is 20.1. The SMILES string of the molecule is O=C1CCC(N2C(=O)C3(CC3)c3c(NCCNC4CN(c5ccc([N+](=O)[O-])nc5)C4)cccc32)C(=O)N1. The largest absolute Gasteiger partial charge is 0.383 e. The van der Waals surface area contributed by atoms with Crippen molar-refractivity contribution >= 4 is 40.6 Å². The van der Waals surface area contributed by atoms with Crippen LogP contribution in [-0.2, 0) is 19.8 Å². The first-order chi connectivity index (χ1) is 17.9. The van der Waals surface area contributed by atoms with Gasteiger partial charge in [0.25, 0.3) is 0 Å². The number of pyridine rings is 1. The van der Waals surface area contributed by atoms with Crippen molar-refractivity contribution in [1.29, 1.82) is 0 Å². The van der Waals surface area contributed by atoms with Crippen molar-refractivity contribution in [2.24, 2.45) is 0 Å². The van der Waals surface area contributed by atoms with E-state index in [1.807, 2.05) is 18.2 Å². The third-order valence-corrected chi connectivity index (χ3v) is 7.72. The lowest BCUT2D eigenvalue weighted by molar-refractivity contribution is -0.389. The van der Waals surface area contributed by atoms with E-state index < -0.39 is 22.3 Å². The number of carbonyl (C=O) groups is 3. The zero-order valence-electron chi connectivity index (χ0n) is 20.1. The summed E-state index contributed by atoms with van der Waals surface area (Å²) in [6, 6.07) is 8.54. The number of benzene rings is 1. The second kappa shape index (κ2) is 8.80. The maximum atomic E-state index is 13.5. The van der Waals surface area contributed by atoms with E-state index in [1.54, 1.807) is 11.0 Å². The highest BCUT2D eigenvalue weighted by Crippen LogP contribution is 2.60. The minimum absolute atomic E-state index is 0.0420. The van der Waals surface area contributed by atoms with Crippen LogP contribution in [0.2, 0.25) is 0 Å². The molecule has 3 aliphatic heterocycles. The number of fused-ring (bicyclic) bond motifs is 2. The number of rotatable bonds is 8. The lowest BCUT2D eigenvalue weighted by Crippen LogP contribution is -2.58. The molecule has 6 rings (SSSR count). The molecule has 1 spiro atoms. The molecule has 0 radical (unpaired) electrons. The van der Waals surface area contributed by atoms with Crippen LogP contribution in [0.25, 0.3) is 0 Å². The van der Waals surface area contributed by atoms with Crippen LogP contribution in [-0.4, -0.2) is 65.9 Å². The van der Waals surface area contributed by atoms with Crippen LogP contribution >= 0.6 is 0 Å². The Hall–Kier alpha value is -4.06. The number of aromatic nitrogens is 1. The van der Waals surface area contributed by atoms with Crippen LogP contribution in [0.1, 0.15) is 31.2 Å². The number of amides is 3. The topological polar surface area (TPSA) is 150 Å². The van der Waals surface area contributed by atoms with Crippen molar-refractivity contribution in [2.45, 2.75) is 43.2 Å². The van der Waals surface area contributed by atoms with E-state index in [9.17, 15) is 24.5 Å². The second-order valence-corrected chi connectivity index (χ2v) is 10.0. The maximum absolute atomic E-state index is 13.5. The van der Waals surface area contributed by atoms with Crippen molar-refractivity contribution in [3.05, 3.63) is 52.2 Å². The van der Waals surface area contributed by atoms with Crippen LogP contribution in [0.4, 0.5) is 22.9 Å². The summed E-state index contributed by atoms with van der Waals surface area (Å²) in [5, 5.41) is 20.1. The van der Waals surface area contributed by atoms with Crippen molar-refractivity contribution in [3.63, 3.8) is 0 Å². The summed E-state index contributed by atoms with van der Waals surface area (Å²) in [4.78, 5) is 55.5. The Labute approximate surface area is 212 Å². The van der Waals surface area contributed by atoms with Crippen molar-refractivity contribution < 1.29 is 19.3 Å². The number of nitrogens with zero attached hydrogens (tertiary/aromatic N) is 4. The average molecular weight is 506 g/mol. The summed E-state index contributed by atoms with van der Waals surface area (Å²) in [5.74, 6) is -0.905. The lowest BCUT2D eigenvalue weighted by Gasteiger charge is -2.40. The number of piperidine rings is 1. The summed E-state index contributed by atoms with van der Waals surface area (Å²) in [6.45, 7) is 2.96. The van der Waals surface area contributed by atoms with Crippen molar-refractivity contribution in [1.82, 2.24) is 15.6 Å². The fraction of sp³-hybridized carbons (Fsp3) is 0.440. The molecule has 3 N–H and O–H groups in total. The minimum atomic E-state index is -0.659. The standard InChI is InChI=1S/C25H27N7O5/c33-21-7-5-19(23(34)29-21)31-18-3-1-2-17(22(18)25(8-9-25)24(31)35)27-11-10-26-15-13-30(14-15)16-4-6-20(28-12-16)32(36)37/h1-4,6,12,15,19,26-27H,5,7-11,13-14H2,(H,29,33,34). The number of nitrogens with one attached hydrogen (secondary N) is 3. The van der Waals surface area contributed by atoms with E-state index in [-0.39, 0.29) is 24.1 Å². The Balaban J connectivity index is 1.06. The second-order valence-electron chi connectivity index (χ2n) is 10.0. The van der Waals surface area contributed by atoms with Gasteiger partial charge in [0.15, 0.2) is 6.20 Å². The number of hydrogen-bond donors (Lipinski definition) is 3. The molecule has 3 fully saturated rings. The van der Waals surface area contributed by atoms with E-state index in [1.165, 1.54) is 12.3 Å². The highest BCUT2D eigenvalue weighted by atomic mass is 16.6. The van der Waals surface area contributed by atoms with Gasteiger partial charge in [-0.15, -0.1) is 0 Å². The molecule has 12 heteroatoms. The summed E-state index contributed by atoms with van der Waals surface area (Å²) >= 11 is 0. The molecule has 1 aliphatic carbocycles. The smallest absolute Gasteiger partial charge is 0.363 e. The average Bonchev–Trinajstić information content (AvgIpc) is 3.61. The molecule has 37 heavy (non-hydrogen) atoms. The molecule has 12 nitrogen and oxygen atoms in total. The molecule has 1 aromatic heterocycles. The maximum Gasteiger partial charge on any atom is 0.363 e. The van der Waals surface area contributed by atoms with Crippen LogP contribution in [0.3, 0.4) is 0 Å². The molecule has 192 valence electrons. The summed E-state index contributed by atoms with van der Waals surface area (Å²) in [5.41, 5.74) is 2.93. The van der Waals surface area contributed by atoms with Gasteiger partial charge in [-0.2, -0.15) is 0 Å². The van der Waals surface area contributed by atoms with Gasteiger partial charge in [0, 0.05) is 56.0 Å². The predicted molar refractivity (Wildman–Crippen MR) is 134 cm³/mol. The van der Waals surface area contributed by atoms with Gasteiger partial charge in [0.2, 0.25) is 17.7 Å². The molecular weight excluding hydrogens is 478 g/mol. The van der Waals surface area contributed by atoms with Gasteiger partial charge >= 0.3 is 5.82 Å². The molecule has 1 atom stereocenters. The zero-order chi connectivity index (χ0) is 25.7. The highest BCUT2D eigenvalue weighted by molar-refractivity contribution is 6.16. The van der Waals surface area contributed by atoms with E-state index in [2.05, 4.69) is 25.8 Å². The molecule has 2 aromatic rings. The first-order valence-electron chi connectivity index (χ1n) is 12.5. The van der Waals surface area contributed by atoms with Crippen molar-refractivity contribution in [3.8, 4) is 0 Å². The molecular formula is C25H27N7O5. The fourth-order valence-corrected chi connectivity index (χ4v) is 5.63. The normalized spacial score (nSPS) is 22.1. The number of imide groups is 1. The van der Waals surface area contributed by atoms with Gasteiger partial charge in [-0.1, -0.05) is 6.07 Å². The number of anilines is 3. The highest BCUT2D eigenvalue weighted by Gasteiger charge is 2.62. The first-order valence-corrected chi connectivity index (χ1v) is 12.5. The number of hydrogen-bond acceptors (Lipinski definition) is 9. The molecule has 1 aromatic carbocycles. The molecule has 1 unspecified atom stereocenters. The van der Waals surface area contributed by atoms with E-state index in [0.717, 1.165) is 55.1 Å². The Kier molecular flexibility index (Phi) is 5.55. The number of carbonyl (C=O) groups excluding carboxylic acids is 3. The molecule has 2 saturated heterocycles. The molecule has 4 aliphatic rings. The summed E-state index contributed by atoms with van der Waals surface area (Å²) in [7, 11) is 0. The molecule has 4 heterocycles. The summed E-state index contributed by atoms with van der Waals surface area (Å²) in [6.07, 6.45) is 3.61. The van der Waals surface area contributed by atoms with E-state index in [4.69, 9.17) is 0 Å². The van der Waals surface area contributed by atoms with Crippen LogP contribution in [0, 0.1) is 10.1 Å². The quantitative estimate of drug-likeness (QED) is 0.207. The van der Waals surface area contributed by atoms with Gasteiger partial charge < -0.3 is 25.6 Å². The Morgan fingerprint density at radius 1 is 1.14 bits per heavy atom.